The molecule has 0 heterocycles. The number of guanidine groups is 1. The smallest absolute Gasteiger partial charge is 0.191 e. The first-order valence-corrected chi connectivity index (χ1v) is 10.2. The molecular weight excluding hydrogens is 452 g/mol. The van der Waals surface area contributed by atoms with Gasteiger partial charge in [-0.15, -0.1) is 24.0 Å². The summed E-state index contributed by atoms with van der Waals surface area (Å²) in [6, 6.07) is 6.73. The molecular formula is C18H29FIN3OS. The third-order valence-corrected chi connectivity index (χ3v) is 6.04. The van der Waals surface area contributed by atoms with Crippen molar-refractivity contribution in [2.75, 3.05) is 12.3 Å². The quantitative estimate of drug-likeness (QED) is 0.371. The summed E-state index contributed by atoms with van der Waals surface area (Å²) in [5.74, 6) is 1.27. The van der Waals surface area contributed by atoms with E-state index in [2.05, 4.69) is 15.6 Å². The van der Waals surface area contributed by atoms with Gasteiger partial charge >= 0.3 is 0 Å². The molecule has 0 spiro atoms. The Hall–Kier alpha value is -0.700. The highest BCUT2D eigenvalue weighted by Gasteiger charge is 2.25. The summed E-state index contributed by atoms with van der Waals surface area (Å²) in [4.78, 5) is 4.59. The van der Waals surface area contributed by atoms with Gasteiger partial charge in [0.1, 0.15) is 5.82 Å². The molecule has 3 unspecified atom stereocenters. The van der Waals surface area contributed by atoms with Crippen LogP contribution in [0.2, 0.25) is 0 Å². The molecule has 0 radical (unpaired) electrons. The van der Waals surface area contributed by atoms with Crippen molar-refractivity contribution in [2.45, 2.75) is 57.4 Å². The summed E-state index contributed by atoms with van der Waals surface area (Å²) < 4.78 is 25.0. The van der Waals surface area contributed by atoms with Crippen LogP contribution in [0.5, 0.6) is 0 Å². The molecule has 0 bridgehead atoms. The Morgan fingerprint density at radius 1 is 1.28 bits per heavy atom. The number of benzene rings is 1. The molecule has 1 aromatic rings. The van der Waals surface area contributed by atoms with Crippen molar-refractivity contribution in [2.24, 2.45) is 4.99 Å². The zero-order chi connectivity index (χ0) is 17.4. The Bertz CT molecular complexity index is 568. The maximum absolute atomic E-state index is 13.0. The molecule has 1 aliphatic carbocycles. The van der Waals surface area contributed by atoms with Crippen molar-refractivity contribution >= 4 is 40.7 Å². The Morgan fingerprint density at radius 2 is 2.00 bits per heavy atom. The molecule has 0 amide bonds. The number of hydrogen-bond donors (Lipinski definition) is 2. The van der Waals surface area contributed by atoms with Gasteiger partial charge in [-0.3, -0.25) is 4.21 Å². The van der Waals surface area contributed by atoms with E-state index in [1.165, 1.54) is 12.1 Å². The molecule has 7 heteroatoms. The van der Waals surface area contributed by atoms with Gasteiger partial charge in [0.05, 0.1) is 6.54 Å². The molecule has 2 rings (SSSR count). The van der Waals surface area contributed by atoms with E-state index in [0.717, 1.165) is 49.5 Å². The average molecular weight is 481 g/mol. The Balaban J connectivity index is 0.00000312. The highest BCUT2D eigenvalue weighted by atomic mass is 127. The Kier molecular flexibility index (Phi) is 10.6. The lowest BCUT2D eigenvalue weighted by atomic mass is 9.95. The summed E-state index contributed by atoms with van der Waals surface area (Å²) in [6.45, 7) is 5.31. The topological polar surface area (TPSA) is 53.5 Å². The molecule has 2 N–H and O–H groups in total. The number of rotatable bonds is 6. The van der Waals surface area contributed by atoms with Crippen LogP contribution in [0.15, 0.2) is 29.3 Å². The van der Waals surface area contributed by atoms with Crippen molar-refractivity contribution in [3.05, 3.63) is 35.6 Å². The lowest BCUT2D eigenvalue weighted by Crippen LogP contribution is -2.46. The van der Waals surface area contributed by atoms with Crippen molar-refractivity contribution in [3.63, 3.8) is 0 Å². The van der Waals surface area contributed by atoms with E-state index in [1.54, 1.807) is 12.1 Å². The standard InChI is InChI=1S/C18H28FN3OS.HI/c1-3-20-18(21-13-14-8-10-15(19)11-9-14)22-16-6-5-7-17(12-16)24(23)4-2;/h8-11,16-17H,3-7,12-13H2,1-2H3,(H2,20,21,22);1H. The predicted molar refractivity (Wildman–Crippen MR) is 114 cm³/mol. The number of nitrogens with zero attached hydrogens (tertiary/aromatic N) is 1. The first kappa shape index (κ1) is 22.3. The van der Waals surface area contributed by atoms with Gasteiger partial charge in [0.15, 0.2) is 5.96 Å². The predicted octanol–water partition coefficient (Wildman–Crippen LogP) is 3.58. The average Bonchev–Trinajstić information content (AvgIpc) is 2.61. The van der Waals surface area contributed by atoms with Crippen LogP contribution in [0, 0.1) is 5.82 Å². The summed E-state index contributed by atoms with van der Waals surface area (Å²) in [7, 11) is -0.724. The monoisotopic (exact) mass is 481 g/mol. The van der Waals surface area contributed by atoms with Crippen LogP contribution in [0.4, 0.5) is 4.39 Å². The first-order chi connectivity index (χ1) is 11.6. The van der Waals surface area contributed by atoms with Crippen LogP contribution in [0.1, 0.15) is 45.1 Å². The summed E-state index contributed by atoms with van der Waals surface area (Å²) in [6.07, 6.45) is 4.17. The number of hydrogen-bond acceptors (Lipinski definition) is 2. The van der Waals surface area contributed by atoms with Gasteiger partial charge < -0.3 is 10.6 Å². The second-order valence-corrected chi connectivity index (χ2v) is 8.13. The maximum Gasteiger partial charge on any atom is 0.191 e. The van der Waals surface area contributed by atoms with Crippen LogP contribution in [0.25, 0.3) is 0 Å². The van der Waals surface area contributed by atoms with Gasteiger partial charge in [-0.2, -0.15) is 0 Å². The van der Waals surface area contributed by atoms with E-state index in [1.807, 2.05) is 13.8 Å². The van der Waals surface area contributed by atoms with Crippen LogP contribution >= 0.6 is 24.0 Å². The largest absolute Gasteiger partial charge is 0.357 e. The van der Waals surface area contributed by atoms with Gasteiger partial charge in [-0.05, 0) is 43.9 Å². The minimum absolute atomic E-state index is 0. The molecule has 1 fully saturated rings. The third kappa shape index (κ3) is 7.60. The fourth-order valence-electron chi connectivity index (χ4n) is 3.02. The van der Waals surface area contributed by atoms with Crippen molar-refractivity contribution in [1.29, 1.82) is 0 Å². The number of halogens is 2. The third-order valence-electron chi connectivity index (χ3n) is 4.30. The molecule has 0 aliphatic heterocycles. The highest BCUT2D eigenvalue weighted by Crippen LogP contribution is 2.23. The SMILES string of the molecule is CCNC(=NCc1ccc(F)cc1)NC1CCCC(S(=O)CC)C1.I. The van der Waals surface area contributed by atoms with E-state index in [9.17, 15) is 8.60 Å². The molecule has 0 aromatic heterocycles. The normalized spacial score (nSPS) is 22.0. The zero-order valence-electron chi connectivity index (χ0n) is 15.0. The second-order valence-electron chi connectivity index (χ2n) is 6.12. The van der Waals surface area contributed by atoms with Crippen LogP contribution < -0.4 is 10.6 Å². The van der Waals surface area contributed by atoms with E-state index in [0.29, 0.717) is 17.8 Å². The first-order valence-electron chi connectivity index (χ1n) is 8.78. The minimum atomic E-state index is -0.724. The second kappa shape index (κ2) is 11.8. The van der Waals surface area contributed by atoms with Crippen molar-refractivity contribution in [3.8, 4) is 0 Å². The maximum atomic E-state index is 13.0. The van der Waals surface area contributed by atoms with Gasteiger partial charge in [-0.25, -0.2) is 9.38 Å². The van der Waals surface area contributed by atoms with Gasteiger partial charge in [0, 0.05) is 34.4 Å². The van der Waals surface area contributed by atoms with Crippen LogP contribution in [0.3, 0.4) is 0 Å². The molecule has 142 valence electrons. The van der Waals surface area contributed by atoms with E-state index < -0.39 is 10.8 Å². The number of nitrogens with one attached hydrogen (secondary N) is 2. The molecule has 25 heavy (non-hydrogen) atoms. The van der Waals surface area contributed by atoms with E-state index >= 15 is 0 Å². The lowest BCUT2D eigenvalue weighted by molar-refractivity contribution is 0.413. The molecule has 3 atom stereocenters. The summed E-state index contributed by atoms with van der Waals surface area (Å²) in [5, 5.41) is 7.03. The summed E-state index contributed by atoms with van der Waals surface area (Å²) >= 11 is 0. The van der Waals surface area contributed by atoms with Gasteiger partial charge in [0.25, 0.3) is 0 Å². The Morgan fingerprint density at radius 3 is 2.64 bits per heavy atom. The van der Waals surface area contributed by atoms with E-state index in [-0.39, 0.29) is 29.8 Å². The van der Waals surface area contributed by atoms with Crippen LogP contribution in [-0.2, 0) is 17.3 Å². The zero-order valence-corrected chi connectivity index (χ0v) is 18.1. The molecule has 1 aliphatic rings. The minimum Gasteiger partial charge on any atom is -0.357 e. The molecule has 4 nitrogen and oxygen atoms in total. The van der Waals surface area contributed by atoms with Crippen molar-refractivity contribution in [1.82, 2.24) is 10.6 Å². The Labute approximate surface area is 169 Å². The van der Waals surface area contributed by atoms with E-state index in [4.69, 9.17) is 0 Å². The van der Waals surface area contributed by atoms with Crippen LogP contribution in [-0.4, -0.2) is 33.8 Å². The van der Waals surface area contributed by atoms with Crippen molar-refractivity contribution < 1.29 is 8.60 Å². The lowest BCUT2D eigenvalue weighted by Gasteiger charge is -2.30. The molecule has 1 saturated carbocycles. The van der Waals surface area contributed by atoms with Gasteiger partial charge in [0.2, 0.25) is 0 Å². The number of aliphatic imine (C=N–C) groups is 1. The fraction of sp³-hybridized carbons (Fsp3) is 0.611. The highest BCUT2D eigenvalue weighted by molar-refractivity contribution is 14.0. The molecule has 1 aromatic carbocycles. The van der Waals surface area contributed by atoms with Gasteiger partial charge in [-0.1, -0.05) is 25.5 Å². The fourth-order valence-corrected chi connectivity index (χ4v) is 4.37. The summed E-state index contributed by atoms with van der Waals surface area (Å²) in [5.41, 5.74) is 0.974. The molecule has 0 saturated heterocycles.